The monoisotopic (exact) mass is 441 g/mol. The average molecular weight is 441 g/mol. The number of rotatable bonds is 6. The molecule has 3 atom stereocenters. The van der Waals surface area contributed by atoms with Gasteiger partial charge in [-0.1, -0.05) is 36.4 Å². The molecule has 3 N–H and O–H groups in total. The van der Waals surface area contributed by atoms with Crippen molar-refractivity contribution in [3.8, 4) is 11.1 Å². The van der Waals surface area contributed by atoms with Crippen LogP contribution in [0.25, 0.3) is 11.1 Å². The van der Waals surface area contributed by atoms with Crippen molar-refractivity contribution in [2.24, 2.45) is 5.73 Å². The van der Waals surface area contributed by atoms with Gasteiger partial charge in [0.25, 0.3) is 0 Å². The lowest BCUT2D eigenvalue weighted by atomic mass is 9.89. The number of carbonyl (C=O) groups excluding carboxylic acids is 2. The summed E-state index contributed by atoms with van der Waals surface area (Å²) in [5, 5.41) is 10.5. The van der Waals surface area contributed by atoms with Gasteiger partial charge in [0.1, 0.15) is 18.0 Å². The van der Waals surface area contributed by atoms with E-state index < -0.39 is 29.9 Å². The van der Waals surface area contributed by atoms with Gasteiger partial charge in [-0.15, -0.1) is 9.89 Å². The van der Waals surface area contributed by atoms with Crippen LogP contribution in [0.1, 0.15) is 17.9 Å². The first-order valence-corrected chi connectivity index (χ1v) is 10.0. The van der Waals surface area contributed by atoms with Crippen LogP contribution in [-0.2, 0) is 9.59 Å². The van der Waals surface area contributed by atoms with Crippen LogP contribution in [0, 0.1) is 5.82 Å². The lowest BCUT2D eigenvalue weighted by Crippen LogP contribution is -2.50. The molecule has 32 heavy (non-hydrogen) atoms. The molecule has 4 rings (SSSR count). The normalized spacial score (nSPS) is 17.7. The van der Waals surface area contributed by atoms with Crippen LogP contribution < -0.4 is 11.2 Å². The lowest BCUT2D eigenvalue weighted by molar-refractivity contribution is -0.134. The minimum Gasteiger partial charge on any atom is -0.338 e. The molecule has 0 bridgehead atoms. The molecule has 1 fully saturated rings. The summed E-state index contributed by atoms with van der Waals surface area (Å²) in [6, 6.07) is 11.6. The van der Waals surface area contributed by atoms with Crippen molar-refractivity contribution >= 4 is 11.8 Å². The Kier molecular flexibility index (Phi) is 6.17. The van der Waals surface area contributed by atoms with Crippen molar-refractivity contribution in [1.29, 1.82) is 0 Å². The van der Waals surface area contributed by atoms with E-state index in [0.29, 0.717) is 5.56 Å². The maximum Gasteiger partial charge on any atom is 0.249 e. The summed E-state index contributed by atoms with van der Waals surface area (Å²) in [5.41, 5.74) is 10.8. The van der Waals surface area contributed by atoms with Gasteiger partial charge in [-0.3, -0.25) is 9.59 Å². The number of hydrogen-bond donors (Lipinski definition) is 2. The summed E-state index contributed by atoms with van der Waals surface area (Å²) < 4.78 is 26.8. The van der Waals surface area contributed by atoms with Crippen LogP contribution in [0.2, 0.25) is 0 Å². The van der Waals surface area contributed by atoms with Crippen LogP contribution in [-0.4, -0.2) is 62.3 Å². The highest BCUT2D eigenvalue weighted by atomic mass is 19.1. The Labute approximate surface area is 182 Å². The molecule has 0 aliphatic carbocycles. The highest BCUT2D eigenvalue weighted by Gasteiger charge is 2.37. The Morgan fingerprint density at radius 1 is 1.09 bits per heavy atom. The van der Waals surface area contributed by atoms with Gasteiger partial charge < -0.3 is 10.6 Å². The van der Waals surface area contributed by atoms with E-state index in [-0.39, 0.29) is 25.3 Å². The molecule has 0 radical (unpaired) electrons. The Morgan fingerprint density at radius 2 is 1.75 bits per heavy atom. The molecule has 1 saturated heterocycles. The van der Waals surface area contributed by atoms with Crippen molar-refractivity contribution in [3.63, 3.8) is 0 Å². The first kappa shape index (κ1) is 21.5. The van der Waals surface area contributed by atoms with Crippen molar-refractivity contribution < 1.29 is 18.4 Å². The van der Waals surface area contributed by atoms with E-state index in [1.54, 1.807) is 36.4 Å². The molecule has 11 heteroatoms. The number of nitrogens with zero attached hydrogens (tertiary/aromatic N) is 5. The predicted octanol–water partition coefficient (Wildman–Crippen LogP) is 1.23. The Bertz CT molecular complexity index is 1070. The summed E-state index contributed by atoms with van der Waals surface area (Å²) in [6.07, 6.45) is 0.329. The molecular formula is C21H21F2N7O2. The average Bonchev–Trinajstić information content (AvgIpc) is 3.46. The smallest absolute Gasteiger partial charge is 0.249 e. The van der Waals surface area contributed by atoms with Crippen molar-refractivity contribution in [2.75, 3.05) is 18.5 Å². The Balaban J connectivity index is 1.61. The molecule has 2 amide bonds. The van der Waals surface area contributed by atoms with Crippen LogP contribution >= 0.6 is 0 Å². The predicted molar refractivity (Wildman–Crippen MR) is 111 cm³/mol. The highest BCUT2D eigenvalue weighted by molar-refractivity contribution is 5.97. The third-order valence-corrected chi connectivity index (χ3v) is 5.39. The second kappa shape index (κ2) is 9.18. The first-order valence-electron chi connectivity index (χ1n) is 10.0. The summed E-state index contributed by atoms with van der Waals surface area (Å²) in [4.78, 5) is 28.3. The zero-order chi connectivity index (χ0) is 22.7. The van der Waals surface area contributed by atoms with Gasteiger partial charge in [-0.25, -0.2) is 14.2 Å². The van der Waals surface area contributed by atoms with Crippen LogP contribution in [0.3, 0.4) is 0 Å². The highest BCUT2D eigenvalue weighted by Crippen LogP contribution is 2.26. The van der Waals surface area contributed by atoms with Gasteiger partial charge in [-0.2, -0.15) is 0 Å². The van der Waals surface area contributed by atoms with E-state index in [4.69, 9.17) is 5.73 Å². The van der Waals surface area contributed by atoms with Crippen LogP contribution in [0.4, 0.5) is 8.78 Å². The quantitative estimate of drug-likeness (QED) is 0.594. The van der Waals surface area contributed by atoms with E-state index in [1.165, 1.54) is 23.4 Å². The SMILES string of the molecule is N[C@H](C(=O)N1CC[C@H](F)C1)[C@@H](C(=O)Nn1cnnn1)c1ccc(-c2ccc(F)cc2)cc1. The molecule has 2 aromatic carbocycles. The molecule has 3 aromatic rings. The zero-order valence-electron chi connectivity index (χ0n) is 16.9. The zero-order valence-corrected chi connectivity index (χ0v) is 16.9. The summed E-state index contributed by atoms with van der Waals surface area (Å²) in [6.45, 7) is 0.204. The van der Waals surface area contributed by atoms with E-state index in [9.17, 15) is 18.4 Å². The van der Waals surface area contributed by atoms with Crippen molar-refractivity contribution in [2.45, 2.75) is 24.6 Å². The maximum atomic E-state index is 13.6. The minimum absolute atomic E-state index is 0.0443. The number of halogens is 2. The fourth-order valence-electron chi connectivity index (χ4n) is 3.71. The number of alkyl halides is 1. The second-order valence-electron chi connectivity index (χ2n) is 7.53. The number of carbonyl (C=O) groups is 2. The molecule has 2 heterocycles. The van der Waals surface area contributed by atoms with Gasteiger partial charge in [0, 0.05) is 6.54 Å². The molecular weight excluding hydrogens is 420 g/mol. The topological polar surface area (TPSA) is 119 Å². The molecule has 1 aliphatic heterocycles. The number of nitrogens with one attached hydrogen (secondary N) is 1. The third-order valence-electron chi connectivity index (χ3n) is 5.39. The molecule has 0 unspecified atom stereocenters. The van der Waals surface area contributed by atoms with E-state index in [0.717, 1.165) is 15.9 Å². The van der Waals surface area contributed by atoms with Crippen molar-refractivity contribution in [1.82, 2.24) is 25.2 Å². The fraction of sp³-hybridized carbons (Fsp3) is 0.286. The van der Waals surface area contributed by atoms with Crippen LogP contribution in [0.5, 0.6) is 0 Å². The van der Waals surface area contributed by atoms with Gasteiger partial charge in [0.05, 0.1) is 12.5 Å². The Morgan fingerprint density at radius 3 is 2.31 bits per heavy atom. The van der Waals surface area contributed by atoms with Gasteiger partial charge in [0.15, 0.2) is 6.33 Å². The number of likely N-dealkylation sites (tertiary alicyclic amines) is 1. The van der Waals surface area contributed by atoms with E-state index in [1.807, 2.05) is 0 Å². The van der Waals surface area contributed by atoms with E-state index in [2.05, 4.69) is 21.0 Å². The lowest BCUT2D eigenvalue weighted by Gasteiger charge is -2.26. The first-order chi connectivity index (χ1) is 15.4. The van der Waals surface area contributed by atoms with Gasteiger partial charge in [-0.05, 0) is 45.7 Å². The fourth-order valence-corrected chi connectivity index (χ4v) is 3.71. The van der Waals surface area contributed by atoms with Crippen molar-refractivity contribution in [3.05, 3.63) is 66.2 Å². The standard InChI is InChI=1S/C21H21F2N7O2/c22-16-7-5-14(6-8-16)13-1-3-15(4-2-13)18(20(31)26-30-12-25-27-28-30)19(24)21(32)29-10-9-17(23)11-29/h1-8,12,17-19H,9-11,24H2,(H,26,31)/t17-,18-,19-/m0/s1. The number of tetrazole rings is 1. The number of amides is 2. The summed E-state index contributed by atoms with van der Waals surface area (Å²) in [5.74, 6) is -2.52. The number of aromatic nitrogens is 4. The second-order valence-corrected chi connectivity index (χ2v) is 7.53. The maximum absolute atomic E-state index is 13.6. The van der Waals surface area contributed by atoms with Gasteiger partial charge in [0.2, 0.25) is 11.8 Å². The van der Waals surface area contributed by atoms with E-state index >= 15 is 0 Å². The number of nitrogens with two attached hydrogens (primary N) is 1. The number of hydrogen-bond acceptors (Lipinski definition) is 6. The largest absolute Gasteiger partial charge is 0.338 e. The molecule has 9 nitrogen and oxygen atoms in total. The minimum atomic E-state index is -1.24. The molecule has 0 spiro atoms. The molecule has 1 aromatic heterocycles. The summed E-state index contributed by atoms with van der Waals surface area (Å²) >= 11 is 0. The molecule has 0 saturated carbocycles. The summed E-state index contributed by atoms with van der Waals surface area (Å²) in [7, 11) is 0. The third kappa shape index (κ3) is 4.62. The molecule has 1 aliphatic rings. The van der Waals surface area contributed by atoms with Gasteiger partial charge >= 0.3 is 0 Å². The Hall–Kier alpha value is -3.73. The number of benzene rings is 2. The van der Waals surface area contributed by atoms with Crippen LogP contribution in [0.15, 0.2) is 54.9 Å². The molecule has 166 valence electrons.